The van der Waals surface area contributed by atoms with Crippen molar-refractivity contribution in [2.75, 3.05) is 5.73 Å². The third-order valence-electron chi connectivity index (χ3n) is 2.27. The van der Waals surface area contributed by atoms with Gasteiger partial charge in [0.25, 0.3) is 0 Å². The highest BCUT2D eigenvalue weighted by Crippen LogP contribution is 2.24. The van der Waals surface area contributed by atoms with Crippen molar-refractivity contribution >= 4 is 5.82 Å². The number of anilines is 1. The highest BCUT2D eigenvalue weighted by Gasteiger charge is 2.17. The minimum atomic E-state index is -0.378. The smallest absolute Gasteiger partial charge is 0.145 e. The molecule has 1 atom stereocenters. The number of aryl methyl sites for hydroxylation is 1. The van der Waals surface area contributed by atoms with Gasteiger partial charge in [0.05, 0.1) is 11.8 Å². The van der Waals surface area contributed by atoms with Crippen LogP contribution in [0.2, 0.25) is 0 Å². The van der Waals surface area contributed by atoms with Gasteiger partial charge in [0, 0.05) is 12.6 Å². The van der Waals surface area contributed by atoms with E-state index in [0.29, 0.717) is 5.82 Å². The zero-order valence-electron chi connectivity index (χ0n) is 6.90. The summed E-state index contributed by atoms with van der Waals surface area (Å²) in [5, 5.41) is 13.7. The molecule has 12 heavy (non-hydrogen) atoms. The molecule has 1 aliphatic rings. The van der Waals surface area contributed by atoms with Crippen LogP contribution >= 0.6 is 0 Å². The first-order valence-corrected chi connectivity index (χ1v) is 4.28. The molecule has 0 fully saturated rings. The summed E-state index contributed by atoms with van der Waals surface area (Å²) in [6, 6.07) is 1.76. The van der Waals surface area contributed by atoms with Gasteiger partial charge >= 0.3 is 0 Å². The highest BCUT2D eigenvalue weighted by molar-refractivity contribution is 5.30. The quantitative estimate of drug-likeness (QED) is 0.597. The summed E-state index contributed by atoms with van der Waals surface area (Å²) >= 11 is 0. The summed E-state index contributed by atoms with van der Waals surface area (Å²) in [6.45, 7) is 0.879. The lowest BCUT2D eigenvalue weighted by atomic mass is 10.1. The largest absolute Gasteiger partial charge is 0.387 e. The van der Waals surface area contributed by atoms with Crippen LogP contribution in [0.4, 0.5) is 5.82 Å². The Bertz CT molecular complexity index is 282. The van der Waals surface area contributed by atoms with Crippen LogP contribution in [0, 0.1) is 0 Å². The molecule has 0 bridgehead atoms. The second-order valence-corrected chi connectivity index (χ2v) is 3.23. The Labute approximate surface area is 71.0 Å². The average molecular weight is 167 g/mol. The minimum absolute atomic E-state index is 0.378. The van der Waals surface area contributed by atoms with Crippen molar-refractivity contribution in [1.29, 1.82) is 0 Å². The number of aliphatic hydroxyl groups excluding tert-OH is 1. The Balaban J connectivity index is 2.38. The molecule has 0 amide bonds. The van der Waals surface area contributed by atoms with E-state index in [1.54, 1.807) is 6.07 Å². The van der Waals surface area contributed by atoms with Gasteiger partial charge in [-0.25, -0.2) is 0 Å². The molecule has 1 aliphatic heterocycles. The lowest BCUT2D eigenvalue weighted by Gasteiger charge is -2.06. The number of nitrogens with two attached hydrogens (primary N) is 1. The summed E-state index contributed by atoms with van der Waals surface area (Å²) in [6.07, 6.45) is 2.58. The van der Waals surface area contributed by atoms with E-state index < -0.39 is 0 Å². The Morgan fingerprint density at radius 2 is 2.42 bits per heavy atom. The second-order valence-electron chi connectivity index (χ2n) is 3.23. The molecule has 3 N–H and O–H groups in total. The van der Waals surface area contributed by atoms with Crippen LogP contribution in [0.1, 0.15) is 31.1 Å². The maximum atomic E-state index is 9.64. The van der Waals surface area contributed by atoms with Gasteiger partial charge in [-0.15, -0.1) is 0 Å². The third kappa shape index (κ3) is 1.18. The van der Waals surface area contributed by atoms with E-state index in [2.05, 4.69) is 5.10 Å². The molecule has 66 valence electrons. The molecule has 1 aromatic heterocycles. The topological polar surface area (TPSA) is 64.1 Å². The molecule has 0 saturated carbocycles. The molecule has 4 nitrogen and oxygen atoms in total. The van der Waals surface area contributed by atoms with E-state index in [0.717, 1.165) is 31.5 Å². The minimum Gasteiger partial charge on any atom is -0.387 e. The zero-order valence-corrected chi connectivity index (χ0v) is 6.90. The number of rotatable bonds is 0. The number of aromatic nitrogens is 2. The fourth-order valence-corrected chi connectivity index (χ4v) is 1.65. The fourth-order valence-electron chi connectivity index (χ4n) is 1.65. The van der Waals surface area contributed by atoms with Gasteiger partial charge in [-0.2, -0.15) is 5.10 Å². The Morgan fingerprint density at radius 1 is 1.58 bits per heavy atom. The van der Waals surface area contributed by atoms with Gasteiger partial charge in [-0.05, 0) is 19.3 Å². The van der Waals surface area contributed by atoms with Crippen LogP contribution in [-0.4, -0.2) is 14.9 Å². The molecule has 0 aliphatic carbocycles. The van der Waals surface area contributed by atoms with E-state index >= 15 is 0 Å². The number of fused-ring (bicyclic) bond motifs is 1. The van der Waals surface area contributed by atoms with Crippen LogP contribution in [0.3, 0.4) is 0 Å². The first kappa shape index (κ1) is 7.61. The van der Waals surface area contributed by atoms with E-state index in [9.17, 15) is 5.11 Å². The molecule has 1 aromatic rings. The summed E-state index contributed by atoms with van der Waals surface area (Å²) in [5.41, 5.74) is 6.39. The van der Waals surface area contributed by atoms with E-state index in [-0.39, 0.29) is 6.10 Å². The molecule has 0 saturated heterocycles. The molecule has 2 rings (SSSR count). The van der Waals surface area contributed by atoms with Crippen molar-refractivity contribution in [3.8, 4) is 0 Å². The monoisotopic (exact) mass is 167 g/mol. The molecule has 0 aromatic carbocycles. The number of nitrogens with zero attached hydrogens (tertiary/aromatic N) is 2. The summed E-state index contributed by atoms with van der Waals surface area (Å²) in [5.74, 6) is 0.506. The second kappa shape index (κ2) is 2.79. The summed E-state index contributed by atoms with van der Waals surface area (Å²) in [4.78, 5) is 0. The van der Waals surface area contributed by atoms with Crippen LogP contribution in [0.25, 0.3) is 0 Å². The van der Waals surface area contributed by atoms with Crippen LogP contribution in [0.5, 0.6) is 0 Å². The number of nitrogen functional groups attached to an aromatic ring is 1. The first-order valence-electron chi connectivity index (χ1n) is 4.28. The van der Waals surface area contributed by atoms with Gasteiger partial charge in [-0.3, -0.25) is 4.68 Å². The van der Waals surface area contributed by atoms with Crippen LogP contribution in [0.15, 0.2) is 6.07 Å². The van der Waals surface area contributed by atoms with Crippen molar-refractivity contribution in [3.63, 3.8) is 0 Å². The van der Waals surface area contributed by atoms with Gasteiger partial charge in [-0.1, -0.05) is 0 Å². The number of hydrogen-bond donors (Lipinski definition) is 2. The number of hydrogen-bond acceptors (Lipinski definition) is 3. The van der Waals surface area contributed by atoms with Crippen molar-refractivity contribution in [2.24, 2.45) is 0 Å². The molecular formula is C8H13N3O. The van der Waals surface area contributed by atoms with E-state index in [1.807, 2.05) is 4.68 Å². The normalized spacial score (nSPS) is 23.2. The molecule has 4 heteroatoms. The van der Waals surface area contributed by atoms with Gasteiger partial charge in [0.15, 0.2) is 0 Å². The molecular weight excluding hydrogens is 154 g/mol. The lowest BCUT2D eigenvalue weighted by Crippen LogP contribution is -2.05. The van der Waals surface area contributed by atoms with Crippen molar-refractivity contribution < 1.29 is 5.11 Å². The standard InChI is InChI=1S/C8H13N3O/c9-8-5-6-7(12)3-1-2-4-11(6)10-8/h5,7,12H,1-4H2,(H2,9,10). The Kier molecular flexibility index (Phi) is 1.77. The summed E-state index contributed by atoms with van der Waals surface area (Å²) in [7, 11) is 0. The average Bonchev–Trinajstić information content (AvgIpc) is 2.33. The third-order valence-corrected chi connectivity index (χ3v) is 2.27. The number of aliphatic hydroxyl groups is 1. The molecule has 2 heterocycles. The van der Waals surface area contributed by atoms with Gasteiger partial charge in [0.1, 0.15) is 5.82 Å². The fraction of sp³-hybridized carbons (Fsp3) is 0.625. The predicted molar refractivity (Wildman–Crippen MR) is 45.5 cm³/mol. The maximum Gasteiger partial charge on any atom is 0.145 e. The molecule has 0 spiro atoms. The van der Waals surface area contributed by atoms with E-state index in [1.165, 1.54) is 0 Å². The Hall–Kier alpha value is -1.03. The predicted octanol–water partition coefficient (Wildman–Crippen LogP) is 0.683. The van der Waals surface area contributed by atoms with Crippen molar-refractivity contribution in [3.05, 3.63) is 11.8 Å². The zero-order chi connectivity index (χ0) is 8.55. The lowest BCUT2D eigenvalue weighted by molar-refractivity contribution is 0.161. The van der Waals surface area contributed by atoms with Crippen LogP contribution in [-0.2, 0) is 6.54 Å². The molecule has 0 radical (unpaired) electrons. The molecule has 1 unspecified atom stereocenters. The Morgan fingerprint density at radius 3 is 3.25 bits per heavy atom. The van der Waals surface area contributed by atoms with Gasteiger partial charge < -0.3 is 10.8 Å². The first-order chi connectivity index (χ1) is 5.77. The van der Waals surface area contributed by atoms with Crippen molar-refractivity contribution in [2.45, 2.75) is 31.9 Å². The highest BCUT2D eigenvalue weighted by atomic mass is 16.3. The maximum absolute atomic E-state index is 9.64. The van der Waals surface area contributed by atoms with Gasteiger partial charge in [0.2, 0.25) is 0 Å². The van der Waals surface area contributed by atoms with Crippen molar-refractivity contribution in [1.82, 2.24) is 9.78 Å². The van der Waals surface area contributed by atoms with E-state index in [4.69, 9.17) is 5.73 Å². The summed E-state index contributed by atoms with van der Waals surface area (Å²) < 4.78 is 1.81. The SMILES string of the molecule is Nc1cc2n(n1)CCCCC2O. The van der Waals surface area contributed by atoms with Crippen LogP contribution < -0.4 is 5.73 Å².